The molecule has 4 heterocycles. The van der Waals surface area contributed by atoms with E-state index in [0.29, 0.717) is 35.8 Å². The van der Waals surface area contributed by atoms with Gasteiger partial charge in [-0.15, -0.1) is 11.3 Å². The maximum Gasteiger partial charge on any atom is 0.254 e. The topological polar surface area (TPSA) is 113 Å². The number of amides is 1. The van der Waals surface area contributed by atoms with Gasteiger partial charge in [-0.1, -0.05) is 0 Å². The van der Waals surface area contributed by atoms with Gasteiger partial charge in [0.15, 0.2) is 11.6 Å². The minimum absolute atomic E-state index is 0.0736. The summed E-state index contributed by atoms with van der Waals surface area (Å²) in [6, 6.07) is 3.27. The van der Waals surface area contributed by atoms with Gasteiger partial charge in [-0.3, -0.25) is 4.79 Å². The molecule has 2 aromatic rings. The van der Waals surface area contributed by atoms with Gasteiger partial charge in [0.1, 0.15) is 6.07 Å². The fraction of sp³-hybridized carbons (Fsp3) is 0.353. The number of thiophene rings is 1. The van der Waals surface area contributed by atoms with Crippen molar-refractivity contribution in [3.8, 4) is 16.6 Å². The summed E-state index contributed by atoms with van der Waals surface area (Å²) in [5.41, 5.74) is 7.42. The first kappa shape index (κ1) is 16.9. The molecule has 0 radical (unpaired) electrons. The third-order valence-corrected chi connectivity index (χ3v) is 5.51. The Morgan fingerprint density at radius 3 is 3.12 bits per heavy atom. The van der Waals surface area contributed by atoms with Gasteiger partial charge in [-0.05, 0) is 12.5 Å². The van der Waals surface area contributed by atoms with Crippen molar-refractivity contribution in [1.29, 1.82) is 5.26 Å². The Bertz CT molecular complexity index is 923. The largest absolute Gasteiger partial charge is 0.380 e. The standard InChI is InChI=1S/C17H16FN5O2S/c18-14-9-5-21-17(24)13(9)15(12-3-8(4-19)7-26-12)23-16(14)22-11-1-2-25-6-10(11)20/h3,7,10-11H,1-2,5-6,20H2,(H,21,24)(H,22,23). The highest BCUT2D eigenvalue weighted by Gasteiger charge is 2.32. The molecule has 0 bridgehead atoms. The van der Waals surface area contributed by atoms with Crippen LogP contribution in [0.4, 0.5) is 10.2 Å². The number of nitrogens with zero attached hydrogens (tertiary/aromatic N) is 2. The van der Waals surface area contributed by atoms with Crippen molar-refractivity contribution < 1.29 is 13.9 Å². The monoisotopic (exact) mass is 373 g/mol. The van der Waals surface area contributed by atoms with Gasteiger partial charge in [0.25, 0.3) is 5.91 Å². The zero-order valence-corrected chi connectivity index (χ0v) is 14.5. The first-order valence-corrected chi connectivity index (χ1v) is 9.06. The smallest absolute Gasteiger partial charge is 0.254 e. The molecule has 4 N–H and O–H groups in total. The highest BCUT2D eigenvalue weighted by molar-refractivity contribution is 7.13. The second-order valence-electron chi connectivity index (χ2n) is 6.25. The van der Waals surface area contributed by atoms with E-state index in [2.05, 4.69) is 21.7 Å². The zero-order chi connectivity index (χ0) is 18.3. The van der Waals surface area contributed by atoms with Crippen LogP contribution in [0.2, 0.25) is 0 Å². The molecule has 26 heavy (non-hydrogen) atoms. The highest BCUT2D eigenvalue weighted by Crippen LogP contribution is 2.36. The number of carbonyl (C=O) groups excluding carboxylic acids is 1. The van der Waals surface area contributed by atoms with E-state index >= 15 is 0 Å². The van der Waals surface area contributed by atoms with Crippen molar-refractivity contribution in [2.45, 2.75) is 25.0 Å². The number of aromatic nitrogens is 1. The van der Waals surface area contributed by atoms with E-state index in [0.717, 1.165) is 0 Å². The van der Waals surface area contributed by atoms with Crippen LogP contribution in [-0.2, 0) is 11.3 Å². The molecule has 2 aromatic heterocycles. The van der Waals surface area contributed by atoms with Crippen LogP contribution < -0.4 is 16.4 Å². The van der Waals surface area contributed by atoms with Crippen molar-refractivity contribution in [1.82, 2.24) is 10.3 Å². The van der Waals surface area contributed by atoms with Crippen LogP contribution in [-0.4, -0.2) is 36.2 Å². The molecule has 134 valence electrons. The van der Waals surface area contributed by atoms with E-state index in [1.165, 1.54) is 11.3 Å². The second kappa shape index (κ2) is 6.64. The molecule has 0 aromatic carbocycles. The summed E-state index contributed by atoms with van der Waals surface area (Å²) in [6.07, 6.45) is 0.642. The number of fused-ring (bicyclic) bond motifs is 1. The molecule has 4 rings (SSSR count). The lowest BCUT2D eigenvalue weighted by atomic mass is 10.0. The van der Waals surface area contributed by atoms with Crippen LogP contribution in [0.5, 0.6) is 0 Å². The maximum atomic E-state index is 15.0. The summed E-state index contributed by atoms with van der Waals surface area (Å²) >= 11 is 1.30. The van der Waals surface area contributed by atoms with E-state index in [1.54, 1.807) is 11.4 Å². The third kappa shape index (κ3) is 2.82. The Morgan fingerprint density at radius 1 is 1.54 bits per heavy atom. The first-order chi connectivity index (χ1) is 12.6. The number of anilines is 1. The van der Waals surface area contributed by atoms with Gasteiger partial charge < -0.3 is 21.1 Å². The average molecular weight is 373 g/mol. The quantitative estimate of drug-likeness (QED) is 0.753. The van der Waals surface area contributed by atoms with Crippen LogP contribution >= 0.6 is 11.3 Å². The third-order valence-electron chi connectivity index (χ3n) is 4.57. The van der Waals surface area contributed by atoms with Gasteiger partial charge >= 0.3 is 0 Å². The molecule has 9 heteroatoms. The van der Waals surface area contributed by atoms with Gasteiger partial charge in [0.05, 0.1) is 28.3 Å². The summed E-state index contributed by atoms with van der Waals surface area (Å²) in [5, 5.41) is 16.5. The number of carbonyl (C=O) groups is 1. The Balaban J connectivity index is 1.79. The molecule has 2 unspecified atom stereocenters. The van der Waals surface area contributed by atoms with E-state index in [-0.39, 0.29) is 41.5 Å². The molecule has 0 saturated carbocycles. The molecule has 7 nitrogen and oxygen atoms in total. The first-order valence-electron chi connectivity index (χ1n) is 8.18. The van der Waals surface area contributed by atoms with Crippen molar-refractivity contribution >= 4 is 23.1 Å². The Labute approximate surface area is 153 Å². The van der Waals surface area contributed by atoms with E-state index in [9.17, 15) is 9.18 Å². The molecule has 2 aliphatic rings. The van der Waals surface area contributed by atoms with Crippen molar-refractivity contribution in [2.75, 3.05) is 18.5 Å². The van der Waals surface area contributed by atoms with Gasteiger partial charge in [-0.2, -0.15) is 5.26 Å². The SMILES string of the molecule is N#Cc1csc(-c2nc(NC3CCOCC3N)c(F)c3c2C(=O)NC3)c1. The Hall–Kier alpha value is -2.54. The van der Waals surface area contributed by atoms with Crippen LogP contribution in [0.25, 0.3) is 10.6 Å². The molecule has 0 spiro atoms. The lowest BCUT2D eigenvalue weighted by Gasteiger charge is -2.30. The van der Waals surface area contributed by atoms with Gasteiger partial charge in [0, 0.05) is 36.2 Å². The number of pyridine rings is 1. The number of rotatable bonds is 3. The summed E-state index contributed by atoms with van der Waals surface area (Å²) in [5.74, 6) is -0.829. The van der Waals surface area contributed by atoms with Gasteiger partial charge in [-0.25, -0.2) is 9.37 Å². The fourth-order valence-corrected chi connectivity index (χ4v) is 4.02. The van der Waals surface area contributed by atoms with Crippen LogP contribution in [0.3, 0.4) is 0 Å². The number of nitrogens with two attached hydrogens (primary N) is 1. The number of halogens is 1. The second-order valence-corrected chi connectivity index (χ2v) is 7.16. The lowest BCUT2D eigenvalue weighted by Crippen LogP contribution is -2.48. The lowest BCUT2D eigenvalue weighted by molar-refractivity contribution is 0.0751. The summed E-state index contributed by atoms with van der Waals surface area (Å²) in [4.78, 5) is 17.3. The number of hydrogen-bond donors (Lipinski definition) is 3. The van der Waals surface area contributed by atoms with Crippen molar-refractivity contribution in [3.05, 3.63) is 34.0 Å². The predicted molar refractivity (Wildman–Crippen MR) is 94.2 cm³/mol. The van der Waals surface area contributed by atoms with Crippen molar-refractivity contribution in [2.24, 2.45) is 5.73 Å². The minimum atomic E-state index is -0.544. The number of nitriles is 1. The summed E-state index contributed by atoms with van der Waals surface area (Å²) in [6.45, 7) is 1.05. The molecule has 1 saturated heterocycles. The average Bonchev–Trinajstić information content (AvgIpc) is 3.27. The highest BCUT2D eigenvalue weighted by atomic mass is 32.1. The molecular formula is C17H16FN5O2S. The number of ether oxygens (including phenoxy) is 1. The predicted octanol–water partition coefficient (Wildman–Crippen LogP) is 1.59. The Morgan fingerprint density at radius 2 is 2.38 bits per heavy atom. The molecule has 1 fully saturated rings. The van der Waals surface area contributed by atoms with Crippen LogP contribution in [0.15, 0.2) is 11.4 Å². The molecule has 1 amide bonds. The molecular weight excluding hydrogens is 357 g/mol. The normalized spacial score (nSPS) is 21.8. The van der Waals surface area contributed by atoms with E-state index in [1.807, 2.05) is 0 Å². The summed E-state index contributed by atoms with van der Waals surface area (Å²) in [7, 11) is 0. The van der Waals surface area contributed by atoms with E-state index < -0.39 is 5.82 Å². The fourth-order valence-electron chi connectivity index (χ4n) is 3.19. The molecule has 2 aliphatic heterocycles. The van der Waals surface area contributed by atoms with Gasteiger partial charge in [0.2, 0.25) is 0 Å². The van der Waals surface area contributed by atoms with E-state index in [4.69, 9.17) is 15.7 Å². The summed E-state index contributed by atoms with van der Waals surface area (Å²) < 4.78 is 20.3. The zero-order valence-electron chi connectivity index (χ0n) is 13.7. The minimum Gasteiger partial charge on any atom is -0.380 e. The number of nitrogens with one attached hydrogen (secondary N) is 2. The van der Waals surface area contributed by atoms with Crippen LogP contribution in [0, 0.1) is 17.1 Å². The van der Waals surface area contributed by atoms with Crippen molar-refractivity contribution in [3.63, 3.8) is 0 Å². The molecule has 0 aliphatic carbocycles. The Kier molecular flexibility index (Phi) is 4.32. The molecule has 2 atom stereocenters. The number of hydrogen-bond acceptors (Lipinski definition) is 7. The van der Waals surface area contributed by atoms with Crippen LogP contribution in [0.1, 0.15) is 27.9 Å². The maximum absolute atomic E-state index is 15.0.